The summed E-state index contributed by atoms with van der Waals surface area (Å²) >= 11 is 0. The Labute approximate surface area is 114 Å². The van der Waals surface area contributed by atoms with E-state index in [1.165, 1.54) is 12.4 Å². The van der Waals surface area contributed by atoms with Crippen molar-refractivity contribution in [3.8, 4) is 23.0 Å². The minimum Gasteiger partial charge on any atom is -0.455 e. The molecule has 20 heavy (non-hydrogen) atoms. The standard InChI is InChI=1S/C13H11N3O4/c14-13(16-17)9-3-4-15-6-12(9)20-8-1-2-10-11(5-8)19-7-18-10/h1-6,17H,7H2,(H2,14,16). The van der Waals surface area contributed by atoms with Crippen molar-refractivity contribution in [2.45, 2.75) is 0 Å². The first kappa shape index (κ1) is 12.1. The predicted octanol–water partition coefficient (Wildman–Crippen LogP) is 1.70. The minimum atomic E-state index is -0.0526. The zero-order chi connectivity index (χ0) is 13.9. The lowest BCUT2D eigenvalue weighted by Gasteiger charge is -2.09. The van der Waals surface area contributed by atoms with E-state index in [-0.39, 0.29) is 12.6 Å². The zero-order valence-corrected chi connectivity index (χ0v) is 10.3. The first-order valence-corrected chi connectivity index (χ1v) is 5.77. The molecule has 0 unspecified atom stereocenters. The molecular formula is C13H11N3O4. The summed E-state index contributed by atoms with van der Waals surface area (Å²) in [5.74, 6) is 2.14. The lowest BCUT2D eigenvalue weighted by Crippen LogP contribution is -2.14. The van der Waals surface area contributed by atoms with Gasteiger partial charge in [0, 0.05) is 12.3 Å². The van der Waals surface area contributed by atoms with Crippen LogP contribution in [0.15, 0.2) is 41.8 Å². The lowest BCUT2D eigenvalue weighted by atomic mass is 10.2. The number of hydrogen-bond acceptors (Lipinski definition) is 6. The molecular weight excluding hydrogens is 262 g/mol. The highest BCUT2D eigenvalue weighted by Crippen LogP contribution is 2.36. The minimum absolute atomic E-state index is 0.0526. The third kappa shape index (κ3) is 2.16. The van der Waals surface area contributed by atoms with E-state index in [2.05, 4.69) is 10.1 Å². The molecule has 0 atom stereocenters. The Morgan fingerprint density at radius 2 is 2.15 bits per heavy atom. The quantitative estimate of drug-likeness (QED) is 0.382. The first-order valence-electron chi connectivity index (χ1n) is 5.77. The molecule has 1 aliphatic heterocycles. The Kier molecular flexibility index (Phi) is 3.00. The van der Waals surface area contributed by atoms with Crippen LogP contribution in [0.5, 0.6) is 23.0 Å². The van der Waals surface area contributed by atoms with E-state index in [0.717, 1.165) is 0 Å². The van der Waals surface area contributed by atoms with Gasteiger partial charge in [-0.3, -0.25) is 4.98 Å². The summed E-state index contributed by atoms with van der Waals surface area (Å²) in [6, 6.07) is 6.77. The van der Waals surface area contributed by atoms with Crippen LogP contribution in [-0.2, 0) is 0 Å². The summed E-state index contributed by atoms with van der Waals surface area (Å²) in [6.07, 6.45) is 3.01. The number of nitrogens with zero attached hydrogens (tertiary/aromatic N) is 2. The van der Waals surface area contributed by atoms with Crippen molar-refractivity contribution < 1.29 is 19.4 Å². The number of fused-ring (bicyclic) bond motifs is 1. The van der Waals surface area contributed by atoms with Crippen LogP contribution in [0.1, 0.15) is 5.56 Å². The van der Waals surface area contributed by atoms with E-state index >= 15 is 0 Å². The van der Waals surface area contributed by atoms with Crippen molar-refractivity contribution in [1.82, 2.24) is 4.98 Å². The highest BCUT2D eigenvalue weighted by Gasteiger charge is 2.15. The third-order valence-corrected chi connectivity index (χ3v) is 2.74. The molecule has 2 aromatic rings. The average Bonchev–Trinajstić information content (AvgIpc) is 2.94. The van der Waals surface area contributed by atoms with E-state index in [0.29, 0.717) is 28.6 Å². The van der Waals surface area contributed by atoms with Gasteiger partial charge in [-0.25, -0.2) is 0 Å². The van der Waals surface area contributed by atoms with Crippen LogP contribution in [0.3, 0.4) is 0 Å². The Hall–Kier alpha value is -2.96. The van der Waals surface area contributed by atoms with Gasteiger partial charge < -0.3 is 25.2 Å². The average molecular weight is 273 g/mol. The highest BCUT2D eigenvalue weighted by atomic mass is 16.7. The van der Waals surface area contributed by atoms with Crippen molar-refractivity contribution in [3.05, 3.63) is 42.2 Å². The number of rotatable bonds is 3. The molecule has 0 saturated carbocycles. The molecule has 0 amide bonds. The van der Waals surface area contributed by atoms with Crippen molar-refractivity contribution >= 4 is 5.84 Å². The first-order chi connectivity index (χ1) is 9.78. The van der Waals surface area contributed by atoms with Gasteiger partial charge in [-0.1, -0.05) is 5.16 Å². The second-order valence-corrected chi connectivity index (χ2v) is 3.97. The fourth-order valence-corrected chi connectivity index (χ4v) is 1.79. The highest BCUT2D eigenvalue weighted by molar-refractivity contribution is 5.99. The fraction of sp³-hybridized carbons (Fsp3) is 0.0769. The summed E-state index contributed by atoms with van der Waals surface area (Å²) in [7, 11) is 0. The van der Waals surface area contributed by atoms with E-state index in [1.54, 1.807) is 24.3 Å². The van der Waals surface area contributed by atoms with Gasteiger partial charge in [0.15, 0.2) is 23.1 Å². The normalized spacial score (nSPS) is 13.3. The summed E-state index contributed by atoms with van der Waals surface area (Å²) in [6.45, 7) is 0.195. The number of amidine groups is 1. The lowest BCUT2D eigenvalue weighted by molar-refractivity contribution is 0.174. The Morgan fingerprint density at radius 1 is 1.30 bits per heavy atom. The van der Waals surface area contributed by atoms with Crippen LogP contribution in [-0.4, -0.2) is 22.8 Å². The van der Waals surface area contributed by atoms with Crippen LogP contribution in [0.25, 0.3) is 0 Å². The van der Waals surface area contributed by atoms with E-state index in [1.807, 2.05) is 0 Å². The number of aromatic nitrogens is 1. The van der Waals surface area contributed by atoms with E-state index in [9.17, 15) is 0 Å². The maximum Gasteiger partial charge on any atom is 0.231 e. The van der Waals surface area contributed by atoms with Gasteiger partial charge in [-0.15, -0.1) is 0 Å². The largest absolute Gasteiger partial charge is 0.455 e. The smallest absolute Gasteiger partial charge is 0.231 e. The SMILES string of the molecule is N/C(=N/O)c1ccncc1Oc1ccc2c(c1)OCO2. The second-order valence-electron chi connectivity index (χ2n) is 3.97. The Balaban J connectivity index is 1.92. The van der Waals surface area contributed by atoms with Crippen LogP contribution in [0.4, 0.5) is 0 Å². The number of benzene rings is 1. The molecule has 1 aliphatic rings. The van der Waals surface area contributed by atoms with E-state index < -0.39 is 0 Å². The van der Waals surface area contributed by atoms with Gasteiger partial charge in [0.2, 0.25) is 6.79 Å². The third-order valence-electron chi connectivity index (χ3n) is 2.74. The van der Waals surface area contributed by atoms with Crippen LogP contribution >= 0.6 is 0 Å². The molecule has 2 heterocycles. The number of nitrogens with two attached hydrogens (primary N) is 1. The molecule has 1 aromatic carbocycles. The summed E-state index contributed by atoms with van der Waals surface area (Å²) in [5.41, 5.74) is 6.03. The van der Waals surface area contributed by atoms with Gasteiger partial charge in [0.05, 0.1) is 11.8 Å². The molecule has 7 heteroatoms. The van der Waals surface area contributed by atoms with Crippen molar-refractivity contribution in [3.63, 3.8) is 0 Å². The molecule has 3 rings (SSSR count). The molecule has 0 spiro atoms. The second kappa shape index (κ2) is 4.96. The van der Waals surface area contributed by atoms with Crippen molar-refractivity contribution in [1.29, 1.82) is 0 Å². The molecule has 0 radical (unpaired) electrons. The summed E-state index contributed by atoms with van der Waals surface area (Å²) in [5, 5.41) is 11.7. The maximum absolute atomic E-state index is 8.76. The summed E-state index contributed by atoms with van der Waals surface area (Å²) in [4.78, 5) is 3.96. The zero-order valence-electron chi connectivity index (χ0n) is 10.3. The van der Waals surface area contributed by atoms with Gasteiger partial charge >= 0.3 is 0 Å². The van der Waals surface area contributed by atoms with Gasteiger partial charge in [-0.05, 0) is 18.2 Å². The van der Waals surface area contributed by atoms with Crippen molar-refractivity contribution in [2.75, 3.05) is 6.79 Å². The molecule has 0 saturated heterocycles. The number of ether oxygens (including phenoxy) is 3. The fourth-order valence-electron chi connectivity index (χ4n) is 1.79. The Morgan fingerprint density at radius 3 is 3.00 bits per heavy atom. The predicted molar refractivity (Wildman–Crippen MR) is 69.4 cm³/mol. The monoisotopic (exact) mass is 273 g/mol. The molecule has 0 aliphatic carbocycles. The van der Waals surface area contributed by atoms with Crippen LogP contribution in [0, 0.1) is 0 Å². The number of oxime groups is 1. The van der Waals surface area contributed by atoms with Crippen LogP contribution < -0.4 is 19.9 Å². The molecule has 3 N–H and O–H groups in total. The Bertz CT molecular complexity index is 672. The molecule has 7 nitrogen and oxygen atoms in total. The number of hydrogen-bond donors (Lipinski definition) is 2. The topological polar surface area (TPSA) is 99.2 Å². The molecule has 102 valence electrons. The molecule has 0 bridgehead atoms. The van der Waals surface area contributed by atoms with E-state index in [4.69, 9.17) is 25.2 Å². The van der Waals surface area contributed by atoms with Crippen LogP contribution in [0.2, 0.25) is 0 Å². The summed E-state index contributed by atoms with van der Waals surface area (Å²) < 4.78 is 16.2. The maximum atomic E-state index is 8.76. The van der Waals surface area contributed by atoms with Gasteiger partial charge in [0.25, 0.3) is 0 Å². The van der Waals surface area contributed by atoms with Crippen molar-refractivity contribution in [2.24, 2.45) is 10.9 Å². The number of pyridine rings is 1. The van der Waals surface area contributed by atoms with Gasteiger partial charge in [-0.2, -0.15) is 0 Å². The van der Waals surface area contributed by atoms with Gasteiger partial charge in [0.1, 0.15) is 5.75 Å². The molecule has 0 fully saturated rings. The molecule has 1 aromatic heterocycles.